The third-order valence-corrected chi connectivity index (χ3v) is 8.39. The fourth-order valence-electron chi connectivity index (χ4n) is 5.64. The van der Waals surface area contributed by atoms with Gasteiger partial charge in [0.25, 0.3) is 0 Å². The molecule has 14 heteroatoms. The number of rotatable bonds is 10. The molecule has 53 heavy (non-hydrogen) atoms. The molecule has 1 fully saturated rings. The third-order valence-electron chi connectivity index (χ3n) is 8.39. The van der Waals surface area contributed by atoms with Gasteiger partial charge in [0.2, 0.25) is 6.29 Å². The predicted octanol–water partition coefficient (Wildman–Crippen LogP) is 3.92. The number of aliphatic hydroxyl groups excluding tert-OH is 2. The molecule has 6 unspecified atom stereocenters. The number of fused-ring (bicyclic) bond motifs is 1. The van der Waals surface area contributed by atoms with Crippen LogP contribution in [0.1, 0.15) is 39.6 Å². The number of phenols is 4. The first-order chi connectivity index (χ1) is 25.4. The summed E-state index contributed by atoms with van der Waals surface area (Å²) < 4.78 is 28.6. The molecule has 4 aromatic rings. The van der Waals surface area contributed by atoms with Gasteiger partial charge in [-0.1, -0.05) is 36.4 Å². The van der Waals surface area contributed by atoms with Crippen molar-refractivity contribution in [2.75, 3.05) is 6.61 Å². The van der Waals surface area contributed by atoms with Gasteiger partial charge in [-0.25, -0.2) is 9.59 Å². The monoisotopic (exact) mass is 726 g/mol. The average molecular weight is 727 g/mol. The first kappa shape index (κ1) is 36.4. The van der Waals surface area contributed by atoms with Crippen LogP contribution in [0.3, 0.4) is 0 Å². The average Bonchev–Trinajstić information content (AvgIpc) is 3.13. The van der Waals surface area contributed by atoms with Crippen molar-refractivity contribution in [2.24, 2.45) is 0 Å². The van der Waals surface area contributed by atoms with Gasteiger partial charge < -0.3 is 54.3 Å². The van der Waals surface area contributed by atoms with Crippen molar-refractivity contribution in [3.05, 3.63) is 119 Å². The van der Waals surface area contributed by atoms with E-state index >= 15 is 0 Å². The van der Waals surface area contributed by atoms with Crippen LogP contribution in [-0.2, 0) is 23.8 Å². The Balaban J connectivity index is 1.22. The minimum Gasteiger partial charge on any atom is -0.508 e. The van der Waals surface area contributed by atoms with Crippen molar-refractivity contribution in [1.29, 1.82) is 0 Å². The Morgan fingerprint density at radius 1 is 0.755 bits per heavy atom. The van der Waals surface area contributed by atoms with Gasteiger partial charge in [-0.2, -0.15) is 0 Å². The largest absolute Gasteiger partial charge is 0.508 e. The third kappa shape index (κ3) is 8.94. The second kappa shape index (κ2) is 15.9. The molecular weight excluding hydrogens is 692 g/mol. The summed E-state index contributed by atoms with van der Waals surface area (Å²) in [5.41, 5.74) is 1.62. The number of aliphatic hydroxyl groups is 2. The van der Waals surface area contributed by atoms with Crippen LogP contribution >= 0.6 is 0 Å². The molecule has 2 aliphatic rings. The summed E-state index contributed by atoms with van der Waals surface area (Å²) in [5.74, 6) is -2.78. The van der Waals surface area contributed by atoms with E-state index < -0.39 is 66.9 Å². The van der Waals surface area contributed by atoms with Gasteiger partial charge in [-0.15, -0.1) is 0 Å². The molecule has 6 rings (SSSR count). The number of aromatic hydroxyl groups is 4. The van der Waals surface area contributed by atoms with E-state index in [9.17, 15) is 45.0 Å². The number of carbonyl (C=O) groups excluding carboxylic acids is 3. The van der Waals surface area contributed by atoms with Gasteiger partial charge in [0, 0.05) is 24.3 Å². The highest BCUT2D eigenvalue weighted by Gasteiger charge is 2.48. The summed E-state index contributed by atoms with van der Waals surface area (Å²) in [6, 6.07) is 20.4. The van der Waals surface area contributed by atoms with E-state index in [1.807, 2.05) is 0 Å². The van der Waals surface area contributed by atoms with Gasteiger partial charge in [0.1, 0.15) is 71.1 Å². The number of carbonyl (C=O) groups is 3. The molecule has 1 saturated heterocycles. The Labute approximate surface area is 302 Å². The maximum atomic E-state index is 13.1. The Morgan fingerprint density at radius 3 is 1.92 bits per heavy atom. The van der Waals surface area contributed by atoms with E-state index in [1.54, 1.807) is 36.4 Å². The minimum absolute atomic E-state index is 0.0219. The van der Waals surface area contributed by atoms with Crippen LogP contribution in [0.25, 0.3) is 12.2 Å². The fraction of sp³-hybridized carbons (Fsp3) is 0.205. The van der Waals surface area contributed by atoms with E-state index in [4.69, 9.17) is 23.7 Å². The van der Waals surface area contributed by atoms with Crippen LogP contribution in [-0.4, -0.2) is 85.7 Å². The molecule has 6 atom stereocenters. The second-order valence-corrected chi connectivity index (χ2v) is 12.2. The van der Waals surface area contributed by atoms with Crippen molar-refractivity contribution in [3.63, 3.8) is 0 Å². The van der Waals surface area contributed by atoms with Gasteiger partial charge in [-0.05, 0) is 65.2 Å². The Hall–Kier alpha value is -6.35. The minimum atomic E-state index is -1.83. The molecule has 0 bridgehead atoms. The first-order valence-corrected chi connectivity index (χ1v) is 16.3. The van der Waals surface area contributed by atoms with Crippen LogP contribution in [0.2, 0.25) is 0 Å². The van der Waals surface area contributed by atoms with Gasteiger partial charge in [0.05, 0.1) is 6.42 Å². The Morgan fingerprint density at radius 2 is 1.32 bits per heavy atom. The Bertz CT molecular complexity index is 2000. The van der Waals surface area contributed by atoms with Gasteiger partial charge >= 0.3 is 11.9 Å². The summed E-state index contributed by atoms with van der Waals surface area (Å²) in [6.45, 7) is -0.570. The number of ketones is 1. The molecule has 14 nitrogen and oxygen atoms in total. The highest BCUT2D eigenvalue weighted by Crippen LogP contribution is 2.43. The molecule has 2 heterocycles. The molecule has 0 radical (unpaired) electrons. The number of ether oxygens (including phenoxy) is 5. The quantitative estimate of drug-likeness (QED) is 0.101. The van der Waals surface area contributed by atoms with E-state index in [2.05, 4.69) is 0 Å². The predicted molar refractivity (Wildman–Crippen MR) is 185 cm³/mol. The lowest BCUT2D eigenvalue weighted by molar-refractivity contribution is -0.281. The first-order valence-electron chi connectivity index (χ1n) is 16.3. The second-order valence-electron chi connectivity index (χ2n) is 12.2. The van der Waals surface area contributed by atoms with Crippen LogP contribution in [0.15, 0.2) is 97.1 Å². The van der Waals surface area contributed by atoms with Crippen LogP contribution in [0.4, 0.5) is 0 Å². The number of benzene rings is 4. The van der Waals surface area contributed by atoms with Crippen molar-refractivity contribution >= 4 is 29.9 Å². The van der Waals surface area contributed by atoms with Crippen molar-refractivity contribution < 1.29 is 68.7 Å². The lowest BCUT2D eigenvalue weighted by Crippen LogP contribution is -2.61. The summed E-state index contributed by atoms with van der Waals surface area (Å²) >= 11 is 0. The van der Waals surface area contributed by atoms with Crippen LogP contribution in [0, 0.1) is 0 Å². The van der Waals surface area contributed by atoms with Crippen molar-refractivity contribution in [1.82, 2.24) is 0 Å². The fourth-order valence-corrected chi connectivity index (χ4v) is 5.64. The molecule has 274 valence electrons. The SMILES string of the molecule is O=C(/C=C/c1ccc(O)cc1)OCC1OC(Oc2cc(O)c3c(c2)OC(c2ccc(O)cc2)CC3=O)C(OC(=O)/C=C/c2ccc(O)cc2)C(O)C1O. The molecule has 6 N–H and O–H groups in total. The number of hydrogen-bond donors (Lipinski definition) is 6. The highest BCUT2D eigenvalue weighted by atomic mass is 16.7. The van der Waals surface area contributed by atoms with Crippen molar-refractivity contribution in [3.8, 4) is 34.5 Å². The van der Waals surface area contributed by atoms with Gasteiger partial charge in [-0.3, -0.25) is 4.79 Å². The van der Waals surface area contributed by atoms with Crippen LogP contribution in [0.5, 0.6) is 34.5 Å². The summed E-state index contributed by atoms with van der Waals surface area (Å²) in [7, 11) is 0. The standard InChI is InChI=1S/C39H34O14/c40-24-9-1-21(2-10-24)5-15-33(45)49-20-32-36(47)37(48)38(53-34(46)16-6-22-3-11-25(41)12-4-22)39(52-32)50-27-17-28(43)35-29(44)19-30(51-31(35)18-27)23-7-13-26(42)14-8-23/h1-18,30,32,36-43,47-48H,19-20H2/b15-5+,16-6+. The lowest BCUT2D eigenvalue weighted by Gasteiger charge is -2.41. The van der Waals surface area contributed by atoms with E-state index in [0.29, 0.717) is 16.7 Å². The normalized spacial score (nSPS) is 22.6. The number of esters is 2. The maximum Gasteiger partial charge on any atom is 0.331 e. The topological polar surface area (TPSA) is 219 Å². The molecular formula is C39H34O14. The maximum absolute atomic E-state index is 13.1. The molecule has 0 saturated carbocycles. The van der Waals surface area contributed by atoms with E-state index in [0.717, 1.165) is 18.2 Å². The molecule has 0 aromatic heterocycles. The summed E-state index contributed by atoms with van der Waals surface area (Å²) in [5, 5.41) is 61.6. The lowest BCUT2D eigenvalue weighted by atomic mass is 9.95. The summed E-state index contributed by atoms with van der Waals surface area (Å²) in [6.07, 6.45) is -4.19. The molecule has 4 aromatic carbocycles. The number of Topliss-reactive ketones (excluding diaryl/α,β-unsaturated/α-hetero) is 1. The van der Waals surface area contributed by atoms with Gasteiger partial charge in [0.15, 0.2) is 11.9 Å². The van der Waals surface area contributed by atoms with Crippen molar-refractivity contribution in [2.45, 2.75) is 43.2 Å². The highest BCUT2D eigenvalue weighted by molar-refractivity contribution is 6.02. The zero-order chi connectivity index (χ0) is 37.6. The zero-order valence-corrected chi connectivity index (χ0v) is 27.7. The number of phenolic OH excluding ortho intramolecular Hbond substituents is 4. The molecule has 0 aliphatic carbocycles. The Kier molecular flexibility index (Phi) is 10.9. The van der Waals surface area contributed by atoms with Crippen LogP contribution < -0.4 is 9.47 Å². The number of hydrogen-bond acceptors (Lipinski definition) is 14. The zero-order valence-electron chi connectivity index (χ0n) is 27.7. The molecule has 0 spiro atoms. The molecule has 2 aliphatic heterocycles. The van der Waals surface area contributed by atoms with E-state index in [1.165, 1.54) is 54.6 Å². The smallest absolute Gasteiger partial charge is 0.331 e. The summed E-state index contributed by atoms with van der Waals surface area (Å²) in [4.78, 5) is 38.5. The molecule has 0 amide bonds. The van der Waals surface area contributed by atoms with E-state index in [-0.39, 0.29) is 40.7 Å².